The van der Waals surface area contributed by atoms with Gasteiger partial charge in [0.2, 0.25) is 0 Å². The Bertz CT molecular complexity index is 462. The Balaban J connectivity index is 2.73. The van der Waals surface area contributed by atoms with Crippen LogP contribution in [0, 0.1) is 0 Å². The molecule has 1 aromatic rings. The van der Waals surface area contributed by atoms with Crippen LogP contribution in [0.4, 0.5) is 0 Å². The average molecular weight is 280 g/mol. The molecule has 114 valence electrons. The Morgan fingerprint density at radius 1 is 1.50 bits per heavy atom. The van der Waals surface area contributed by atoms with Crippen molar-refractivity contribution in [1.29, 1.82) is 0 Å². The van der Waals surface area contributed by atoms with E-state index in [0.29, 0.717) is 18.2 Å². The normalized spacial score (nSPS) is 12.2. The molecule has 0 saturated carbocycles. The van der Waals surface area contributed by atoms with Crippen molar-refractivity contribution in [3.63, 3.8) is 0 Å². The number of aromatic nitrogens is 2. The van der Waals surface area contributed by atoms with Crippen LogP contribution in [0.25, 0.3) is 0 Å². The monoisotopic (exact) mass is 280 g/mol. The summed E-state index contributed by atoms with van der Waals surface area (Å²) in [5.74, 6) is 0.259. The van der Waals surface area contributed by atoms with Gasteiger partial charge >= 0.3 is 0 Å². The van der Waals surface area contributed by atoms with Gasteiger partial charge < -0.3 is 5.32 Å². The summed E-state index contributed by atoms with van der Waals surface area (Å²) >= 11 is 0. The highest BCUT2D eigenvalue weighted by atomic mass is 16.2. The van der Waals surface area contributed by atoms with Crippen LogP contribution in [-0.2, 0) is 7.05 Å². The molecule has 0 spiro atoms. The van der Waals surface area contributed by atoms with Gasteiger partial charge in [-0.15, -0.1) is 0 Å². The first kappa shape index (κ1) is 16.7. The lowest BCUT2D eigenvalue weighted by Gasteiger charge is -2.34. The molecule has 0 aliphatic rings. The molecule has 1 aromatic heterocycles. The molecule has 1 N–H and O–H groups in total. The number of hydrogen-bond acceptors (Lipinski definition) is 3. The van der Waals surface area contributed by atoms with Gasteiger partial charge in [0.25, 0.3) is 5.91 Å². The standard InChI is InChI=1S/C15H28N4O/c1-8-18(6)15(4,5)10-16-14(20)13-9-12(11(2)3)17-19(13)7/h9,11H,8,10H2,1-7H3,(H,16,20). The molecular weight excluding hydrogens is 252 g/mol. The molecule has 5 nitrogen and oxygen atoms in total. The van der Waals surface area contributed by atoms with Gasteiger partial charge in [0.1, 0.15) is 5.69 Å². The topological polar surface area (TPSA) is 50.2 Å². The van der Waals surface area contributed by atoms with Gasteiger partial charge in [-0.1, -0.05) is 20.8 Å². The Kier molecular flexibility index (Phi) is 5.34. The van der Waals surface area contributed by atoms with Crippen molar-refractivity contribution >= 4 is 5.91 Å². The Morgan fingerprint density at radius 3 is 2.55 bits per heavy atom. The molecule has 1 amide bonds. The predicted octanol–water partition coefficient (Wildman–Crippen LogP) is 2.00. The fourth-order valence-electron chi connectivity index (χ4n) is 1.93. The molecule has 0 aliphatic heterocycles. The number of amides is 1. The van der Waals surface area contributed by atoms with Crippen LogP contribution in [0.1, 0.15) is 56.7 Å². The molecule has 5 heteroatoms. The van der Waals surface area contributed by atoms with E-state index < -0.39 is 0 Å². The number of nitrogens with zero attached hydrogens (tertiary/aromatic N) is 3. The summed E-state index contributed by atoms with van der Waals surface area (Å²) in [4.78, 5) is 14.5. The highest BCUT2D eigenvalue weighted by Gasteiger charge is 2.24. The number of nitrogens with one attached hydrogen (secondary N) is 1. The first-order valence-corrected chi connectivity index (χ1v) is 7.22. The van der Waals surface area contributed by atoms with Gasteiger partial charge in [-0.25, -0.2) is 0 Å². The van der Waals surface area contributed by atoms with Crippen molar-refractivity contribution < 1.29 is 4.79 Å². The lowest BCUT2D eigenvalue weighted by Crippen LogP contribution is -2.50. The summed E-state index contributed by atoms with van der Waals surface area (Å²) in [7, 11) is 3.87. The van der Waals surface area contributed by atoms with Crippen LogP contribution in [0.2, 0.25) is 0 Å². The maximum atomic E-state index is 12.3. The van der Waals surface area contributed by atoms with Crippen LogP contribution >= 0.6 is 0 Å². The smallest absolute Gasteiger partial charge is 0.269 e. The number of hydrogen-bond donors (Lipinski definition) is 1. The minimum atomic E-state index is -0.0656. The highest BCUT2D eigenvalue weighted by molar-refractivity contribution is 5.92. The van der Waals surface area contributed by atoms with Crippen molar-refractivity contribution in [2.24, 2.45) is 7.05 Å². The Morgan fingerprint density at radius 2 is 2.10 bits per heavy atom. The summed E-state index contributed by atoms with van der Waals surface area (Å²) in [6.07, 6.45) is 0. The summed E-state index contributed by atoms with van der Waals surface area (Å²) in [6, 6.07) is 1.87. The minimum absolute atomic E-state index is 0.0653. The highest BCUT2D eigenvalue weighted by Crippen LogP contribution is 2.14. The van der Waals surface area contributed by atoms with Crippen molar-refractivity contribution in [2.45, 2.75) is 46.1 Å². The first-order valence-electron chi connectivity index (χ1n) is 7.22. The molecule has 0 fully saturated rings. The van der Waals surface area contributed by atoms with Crippen LogP contribution in [0.5, 0.6) is 0 Å². The minimum Gasteiger partial charge on any atom is -0.349 e. The lowest BCUT2D eigenvalue weighted by atomic mass is 10.0. The number of carbonyl (C=O) groups excluding carboxylic acids is 1. The summed E-state index contributed by atoms with van der Waals surface area (Å²) in [5.41, 5.74) is 1.50. The number of aryl methyl sites for hydroxylation is 1. The lowest BCUT2D eigenvalue weighted by molar-refractivity contribution is 0.0898. The maximum Gasteiger partial charge on any atom is 0.269 e. The molecule has 1 heterocycles. The third kappa shape index (κ3) is 3.82. The average Bonchev–Trinajstić information content (AvgIpc) is 2.77. The quantitative estimate of drug-likeness (QED) is 0.867. The van der Waals surface area contributed by atoms with E-state index in [0.717, 1.165) is 12.2 Å². The van der Waals surface area contributed by atoms with E-state index >= 15 is 0 Å². The number of rotatable bonds is 6. The first-order chi connectivity index (χ1) is 9.19. The molecule has 0 aromatic carbocycles. The van der Waals surface area contributed by atoms with E-state index in [1.165, 1.54) is 0 Å². The van der Waals surface area contributed by atoms with Crippen LogP contribution in [0.3, 0.4) is 0 Å². The van der Waals surface area contributed by atoms with Gasteiger partial charge in [-0.05, 0) is 39.4 Å². The maximum absolute atomic E-state index is 12.3. The predicted molar refractivity (Wildman–Crippen MR) is 82.0 cm³/mol. The molecule has 0 bridgehead atoms. The van der Waals surface area contributed by atoms with E-state index in [1.54, 1.807) is 4.68 Å². The second-order valence-electron chi connectivity index (χ2n) is 6.24. The van der Waals surface area contributed by atoms with Crippen LogP contribution in [0.15, 0.2) is 6.07 Å². The number of carbonyl (C=O) groups is 1. The van der Waals surface area contributed by atoms with Crippen LogP contribution < -0.4 is 5.32 Å². The van der Waals surface area contributed by atoms with Gasteiger partial charge in [0.15, 0.2) is 0 Å². The fourth-order valence-corrected chi connectivity index (χ4v) is 1.93. The van der Waals surface area contributed by atoms with Gasteiger partial charge in [0.05, 0.1) is 5.69 Å². The van der Waals surface area contributed by atoms with E-state index in [2.05, 4.69) is 57.0 Å². The van der Waals surface area contributed by atoms with Crippen LogP contribution in [-0.4, -0.2) is 46.3 Å². The van der Waals surface area contributed by atoms with Gasteiger partial charge in [-0.3, -0.25) is 14.4 Å². The fraction of sp³-hybridized carbons (Fsp3) is 0.733. The zero-order valence-electron chi connectivity index (χ0n) is 13.8. The second kappa shape index (κ2) is 6.39. The second-order valence-corrected chi connectivity index (χ2v) is 6.24. The third-order valence-electron chi connectivity index (χ3n) is 3.91. The Hall–Kier alpha value is -1.36. The Labute approximate surface area is 122 Å². The van der Waals surface area contributed by atoms with Crippen molar-refractivity contribution in [1.82, 2.24) is 20.0 Å². The molecule has 1 rings (SSSR count). The molecular formula is C15H28N4O. The molecule has 0 unspecified atom stereocenters. The summed E-state index contributed by atoms with van der Waals surface area (Å²) in [6.45, 7) is 12.1. The third-order valence-corrected chi connectivity index (χ3v) is 3.91. The van der Waals surface area contributed by atoms with E-state index in [9.17, 15) is 4.79 Å². The van der Waals surface area contributed by atoms with Crippen molar-refractivity contribution in [3.05, 3.63) is 17.5 Å². The number of likely N-dealkylation sites (N-methyl/N-ethyl adjacent to an activating group) is 1. The van der Waals surface area contributed by atoms with Crippen molar-refractivity contribution in [3.8, 4) is 0 Å². The SMILES string of the molecule is CCN(C)C(C)(C)CNC(=O)c1cc(C(C)C)nn1C. The molecule has 0 saturated heterocycles. The van der Waals surface area contributed by atoms with Gasteiger partial charge in [0, 0.05) is 19.1 Å². The largest absolute Gasteiger partial charge is 0.349 e. The zero-order valence-corrected chi connectivity index (χ0v) is 13.8. The molecule has 0 atom stereocenters. The summed E-state index contributed by atoms with van der Waals surface area (Å²) < 4.78 is 1.65. The van der Waals surface area contributed by atoms with E-state index in [1.807, 2.05) is 13.1 Å². The van der Waals surface area contributed by atoms with Gasteiger partial charge in [-0.2, -0.15) is 5.10 Å². The zero-order chi connectivity index (χ0) is 15.5. The summed E-state index contributed by atoms with van der Waals surface area (Å²) in [5, 5.41) is 7.38. The van der Waals surface area contributed by atoms with E-state index in [-0.39, 0.29) is 11.4 Å². The molecule has 0 aliphatic carbocycles. The van der Waals surface area contributed by atoms with Crippen molar-refractivity contribution in [2.75, 3.05) is 20.1 Å². The van der Waals surface area contributed by atoms with E-state index in [4.69, 9.17) is 0 Å². The molecule has 20 heavy (non-hydrogen) atoms. The molecule has 0 radical (unpaired) electrons.